The summed E-state index contributed by atoms with van der Waals surface area (Å²) in [6.45, 7) is 2.30. The normalized spacial score (nSPS) is 11.1. The van der Waals surface area contributed by atoms with Crippen LogP contribution in [0.25, 0.3) is 0 Å². The van der Waals surface area contributed by atoms with Gasteiger partial charge in [-0.3, -0.25) is 0 Å². The van der Waals surface area contributed by atoms with Gasteiger partial charge in [-0.1, -0.05) is 45.4 Å². The molecule has 0 aliphatic carbocycles. The second-order valence-corrected chi connectivity index (χ2v) is 8.09. The van der Waals surface area contributed by atoms with Crippen LogP contribution in [0, 0.1) is 0 Å². The fourth-order valence-electron chi connectivity index (χ4n) is 2.87. The molecule has 0 radical (unpaired) electrons. The molecule has 0 aromatic rings. The van der Waals surface area contributed by atoms with Crippen molar-refractivity contribution in [3.8, 4) is 0 Å². The second-order valence-electron chi connectivity index (χ2n) is 6.45. The number of hydrogen-bond donors (Lipinski definition) is 0. The van der Waals surface area contributed by atoms with E-state index in [0.29, 0.717) is 0 Å². The maximum atomic E-state index is 2.30. The van der Waals surface area contributed by atoms with Crippen molar-refractivity contribution in [2.45, 2.75) is 120 Å². The Morgan fingerprint density at radius 3 is 0.900 bits per heavy atom. The van der Waals surface area contributed by atoms with Gasteiger partial charge < -0.3 is 0 Å². The predicted molar refractivity (Wildman–Crippen MR) is 97.5 cm³/mol. The summed E-state index contributed by atoms with van der Waals surface area (Å²) in [6, 6.07) is 0. The summed E-state index contributed by atoms with van der Waals surface area (Å²) in [6.07, 6.45) is 25.2. The monoisotopic (exact) mass is 390 g/mol. The Morgan fingerprint density at radius 2 is 0.650 bits per heavy atom. The summed E-state index contributed by atoms with van der Waals surface area (Å²) in [7, 11) is 0. The maximum absolute atomic E-state index is 2.30. The molecule has 0 N–H and O–H groups in total. The standard InChI is InChI=1S/C19H39.Sb.2H/c1-3-5-7-9-11-13-15-17-19-18-16-14-12-10-8-6-4-2;;;/h1,3-19H2,2H3;;;. The van der Waals surface area contributed by atoms with E-state index in [9.17, 15) is 0 Å². The molecule has 0 saturated carbocycles. The molecule has 0 rings (SSSR count). The van der Waals surface area contributed by atoms with Crippen molar-refractivity contribution in [1.29, 1.82) is 0 Å². The van der Waals surface area contributed by atoms with Crippen LogP contribution in [0.3, 0.4) is 0 Å². The third-order valence-electron chi connectivity index (χ3n) is 4.31. The van der Waals surface area contributed by atoms with Gasteiger partial charge >= 0.3 is 98.0 Å². The van der Waals surface area contributed by atoms with E-state index in [1.807, 2.05) is 0 Å². The van der Waals surface area contributed by atoms with Gasteiger partial charge in [-0.2, -0.15) is 0 Å². The molecule has 0 heterocycles. The second kappa shape index (κ2) is 19.8. The Labute approximate surface area is 143 Å². The molecule has 0 fully saturated rings. The van der Waals surface area contributed by atoms with Gasteiger partial charge in [0.05, 0.1) is 0 Å². The van der Waals surface area contributed by atoms with E-state index in [1.54, 1.807) is 0 Å². The molecule has 0 aliphatic rings. The van der Waals surface area contributed by atoms with Gasteiger partial charge in [0.25, 0.3) is 0 Å². The van der Waals surface area contributed by atoms with Crippen molar-refractivity contribution in [1.82, 2.24) is 0 Å². The van der Waals surface area contributed by atoms with E-state index in [2.05, 4.69) is 6.92 Å². The first-order chi connectivity index (χ1) is 9.91. The number of rotatable bonds is 17. The molecule has 0 aromatic heterocycles. The summed E-state index contributed by atoms with van der Waals surface area (Å²) >= 11 is 1.47. The Balaban J connectivity index is 2.89. The number of unbranched alkanes of at least 4 members (excludes halogenated alkanes) is 16. The van der Waals surface area contributed by atoms with E-state index in [0.717, 1.165) is 0 Å². The van der Waals surface area contributed by atoms with E-state index in [4.69, 9.17) is 0 Å². The summed E-state index contributed by atoms with van der Waals surface area (Å²) in [5.41, 5.74) is 0. The fourth-order valence-corrected chi connectivity index (χ4v) is 3.69. The van der Waals surface area contributed by atoms with Crippen molar-refractivity contribution in [2.75, 3.05) is 0 Å². The van der Waals surface area contributed by atoms with Gasteiger partial charge in [0.1, 0.15) is 0 Å². The van der Waals surface area contributed by atoms with Crippen LogP contribution in [0.15, 0.2) is 0 Å². The van der Waals surface area contributed by atoms with Crippen LogP contribution in [-0.4, -0.2) is 23.0 Å². The van der Waals surface area contributed by atoms with Crippen LogP contribution in [-0.2, 0) is 0 Å². The molecule has 0 nitrogen and oxygen atoms in total. The summed E-state index contributed by atoms with van der Waals surface area (Å²) in [5.74, 6) is 0. The Bertz CT molecular complexity index is 138. The summed E-state index contributed by atoms with van der Waals surface area (Å²) < 4.78 is 1.50. The fraction of sp³-hybridized carbons (Fsp3) is 1.00. The van der Waals surface area contributed by atoms with Crippen molar-refractivity contribution < 1.29 is 0 Å². The first-order valence-electron chi connectivity index (χ1n) is 9.62. The Kier molecular flexibility index (Phi) is 20.6. The molecule has 0 aromatic carbocycles. The molecular weight excluding hydrogens is 350 g/mol. The van der Waals surface area contributed by atoms with Gasteiger partial charge in [-0.15, -0.1) is 0 Å². The molecule has 0 aliphatic heterocycles. The van der Waals surface area contributed by atoms with Crippen LogP contribution >= 0.6 is 0 Å². The minimum atomic E-state index is 1.38. The Hall–Kier alpha value is 0.818. The average Bonchev–Trinajstić information content (AvgIpc) is 2.47. The molecular formula is C19H41Sb. The van der Waals surface area contributed by atoms with Crippen molar-refractivity contribution >= 4 is 23.0 Å². The third-order valence-corrected chi connectivity index (χ3v) is 5.47. The number of hydrogen-bond acceptors (Lipinski definition) is 0. The summed E-state index contributed by atoms with van der Waals surface area (Å²) in [5, 5.41) is 0. The molecule has 0 saturated heterocycles. The van der Waals surface area contributed by atoms with Gasteiger partial charge in [-0.05, 0) is 0 Å². The van der Waals surface area contributed by atoms with Crippen LogP contribution in [0.2, 0.25) is 4.37 Å². The predicted octanol–water partition coefficient (Wildman–Crippen LogP) is 6.69. The third kappa shape index (κ3) is 18.8. The molecule has 1 heteroatoms. The van der Waals surface area contributed by atoms with Gasteiger partial charge in [0, 0.05) is 0 Å². The van der Waals surface area contributed by atoms with E-state index >= 15 is 0 Å². The Morgan fingerprint density at radius 1 is 0.400 bits per heavy atom. The van der Waals surface area contributed by atoms with Crippen LogP contribution in [0.4, 0.5) is 0 Å². The van der Waals surface area contributed by atoms with Gasteiger partial charge in [0.2, 0.25) is 0 Å². The van der Waals surface area contributed by atoms with Crippen LogP contribution < -0.4 is 0 Å². The first kappa shape index (κ1) is 20.8. The topological polar surface area (TPSA) is 0 Å². The minimum absolute atomic E-state index is 1.38. The SMILES string of the molecule is CCCCCCCCCCCCCCCCCC[CH2][SbH2]. The quantitative estimate of drug-likeness (QED) is 0.191. The van der Waals surface area contributed by atoms with E-state index in [-0.39, 0.29) is 0 Å². The molecule has 0 bridgehead atoms. The zero-order chi connectivity index (χ0) is 14.7. The average molecular weight is 391 g/mol. The van der Waals surface area contributed by atoms with Crippen molar-refractivity contribution in [3.63, 3.8) is 0 Å². The van der Waals surface area contributed by atoms with Crippen LogP contribution in [0.5, 0.6) is 0 Å². The molecule has 0 unspecified atom stereocenters. The van der Waals surface area contributed by atoms with E-state index in [1.165, 1.54) is 137 Å². The molecule has 122 valence electrons. The molecule has 0 amide bonds. The van der Waals surface area contributed by atoms with Gasteiger partial charge in [0.15, 0.2) is 0 Å². The van der Waals surface area contributed by atoms with E-state index < -0.39 is 0 Å². The van der Waals surface area contributed by atoms with Crippen molar-refractivity contribution in [2.24, 2.45) is 0 Å². The zero-order valence-electron chi connectivity index (χ0n) is 14.3. The molecule has 20 heavy (non-hydrogen) atoms. The summed E-state index contributed by atoms with van der Waals surface area (Å²) in [4.78, 5) is 0. The van der Waals surface area contributed by atoms with Gasteiger partial charge in [-0.25, -0.2) is 0 Å². The van der Waals surface area contributed by atoms with Crippen LogP contribution in [0.1, 0.15) is 116 Å². The first-order valence-corrected chi connectivity index (χ1v) is 11.9. The van der Waals surface area contributed by atoms with Crippen molar-refractivity contribution in [3.05, 3.63) is 0 Å². The zero-order valence-corrected chi connectivity index (χ0v) is 17.6. The molecule has 0 spiro atoms. The molecule has 0 atom stereocenters.